The number of fused-ring (bicyclic) bond motifs is 2. The number of nitrogens with zero attached hydrogens (tertiary/aromatic N) is 3. The first-order chi connectivity index (χ1) is 26.7. The van der Waals surface area contributed by atoms with Crippen molar-refractivity contribution in [1.82, 2.24) is 10.1 Å². The Kier molecular flexibility index (Phi) is 12.5. The van der Waals surface area contributed by atoms with Gasteiger partial charge in [-0.3, -0.25) is 0 Å². The number of methoxy groups -OCH3 is 2. The van der Waals surface area contributed by atoms with Gasteiger partial charge in [0.2, 0.25) is 11.6 Å². The second kappa shape index (κ2) is 17.2. The molecular weight excluding hydrogens is 767 g/mol. The van der Waals surface area contributed by atoms with Gasteiger partial charge >= 0.3 is 17.9 Å². The first-order valence-electron chi connectivity index (χ1n) is 16.5. The minimum Gasteiger partial charge on any atom is -0.475 e. The molecule has 0 amide bonds. The topological polar surface area (TPSA) is 214 Å². The number of aromatic carboxylic acids is 1. The molecule has 0 fully saturated rings. The fraction of sp³-hybridized carbons (Fsp3) is 0.150. The van der Waals surface area contributed by atoms with Gasteiger partial charge in [0.1, 0.15) is 11.2 Å². The Morgan fingerprint density at radius 1 is 0.732 bits per heavy atom. The number of carbonyl (C=O) groups excluding carboxylic acids is 2. The van der Waals surface area contributed by atoms with Crippen molar-refractivity contribution in [2.45, 2.75) is 27.7 Å². The van der Waals surface area contributed by atoms with Gasteiger partial charge in [-0.15, -0.1) is 0 Å². The molecule has 3 heterocycles. The van der Waals surface area contributed by atoms with Crippen LogP contribution in [0.5, 0.6) is 0 Å². The number of halogens is 2. The Bertz CT molecular complexity index is 2560. The third-order valence-electron chi connectivity index (χ3n) is 8.45. The number of carbonyl (C=O) groups is 3. The second-order valence-corrected chi connectivity index (χ2v) is 13.0. The van der Waals surface area contributed by atoms with Crippen molar-refractivity contribution in [1.29, 1.82) is 0 Å². The SMILES string of the molecule is COC(=O)c1ccc(-c2noc(-c3cc4c(C)ccc(C)c4o3)n2)c(Cl)c1.COC(=O)c1ccc(/C(N)=N\O)c(Cl)c1.Cc1ccc(C)c2oc(C(=O)O)cc12. The second-order valence-electron chi connectivity index (χ2n) is 12.2. The molecule has 0 spiro atoms. The summed E-state index contributed by atoms with van der Waals surface area (Å²) in [6.07, 6.45) is 0. The van der Waals surface area contributed by atoms with Crippen molar-refractivity contribution in [2.24, 2.45) is 10.9 Å². The Balaban J connectivity index is 0.000000176. The third kappa shape index (κ3) is 8.67. The summed E-state index contributed by atoms with van der Waals surface area (Å²) in [6, 6.07) is 20.5. The lowest BCUT2D eigenvalue weighted by molar-refractivity contribution is 0.0592. The Labute approximate surface area is 329 Å². The highest BCUT2D eigenvalue weighted by Crippen LogP contribution is 2.33. The summed E-state index contributed by atoms with van der Waals surface area (Å²) >= 11 is 12.1. The highest BCUT2D eigenvalue weighted by molar-refractivity contribution is 6.34. The summed E-state index contributed by atoms with van der Waals surface area (Å²) in [6.45, 7) is 7.83. The Morgan fingerprint density at radius 3 is 1.77 bits per heavy atom. The van der Waals surface area contributed by atoms with E-state index in [2.05, 4.69) is 24.8 Å². The molecule has 0 saturated heterocycles. The molecule has 0 unspecified atom stereocenters. The number of nitrogens with two attached hydrogens (primary N) is 1. The number of esters is 2. The normalized spacial score (nSPS) is 11.0. The molecule has 0 aliphatic rings. The van der Waals surface area contributed by atoms with Crippen LogP contribution in [0.4, 0.5) is 0 Å². The van der Waals surface area contributed by atoms with Crippen LogP contribution in [-0.2, 0) is 9.47 Å². The van der Waals surface area contributed by atoms with Gasteiger partial charge in [0.15, 0.2) is 11.6 Å². The zero-order valence-corrected chi connectivity index (χ0v) is 32.3. The largest absolute Gasteiger partial charge is 0.475 e. The zero-order chi connectivity index (χ0) is 40.8. The molecule has 0 atom stereocenters. The smallest absolute Gasteiger partial charge is 0.371 e. The van der Waals surface area contributed by atoms with Crippen molar-refractivity contribution in [2.75, 3.05) is 14.2 Å². The molecule has 3 aromatic heterocycles. The number of aryl methyl sites for hydroxylation is 4. The molecule has 0 bridgehead atoms. The molecule has 0 saturated carbocycles. The number of carboxylic acid groups (broad SMARTS) is 1. The first kappa shape index (κ1) is 40.5. The standard InChI is InChI=1S/C20H15ClN2O4.C11H10O3.C9H9ClN2O3/c1-10-4-5-11(2)17-14(10)9-16(26-17)19-22-18(23-27-19)13-7-6-12(8-15(13)21)20(24)25-3;1-6-3-4-7(2)10-8(6)5-9(14-10)11(12)13;1-15-9(13)5-2-3-6(7(10)4-5)8(11)12-14/h4-9H,1-3H3;3-5H,1-2H3,(H,12,13);2-4,14H,1H3,(H2,11,12). The van der Waals surface area contributed by atoms with E-state index in [1.165, 1.54) is 38.5 Å². The predicted octanol–water partition coefficient (Wildman–Crippen LogP) is 9.18. The number of oxime groups is 1. The number of aromatic nitrogens is 2. The summed E-state index contributed by atoms with van der Waals surface area (Å²) in [5.41, 5.74) is 12.5. The van der Waals surface area contributed by atoms with E-state index in [9.17, 15) is 14.4 Å². The van der Waals surface area contributed by atoms with Crippen molar-refractivity contribution in [3.63, 3.8) is 0 Å². The minimum atomic E-state index is -1.03. The quantitative estimate of drug-likeness (QED) is 0.0471. The number of hydrogen-bond acceptors (Lipinski definition) is 12. The van der Waals surface area contributed by atoms with Gasteiger partial charge in [0, 0.05) is 21.9 Å². The number of rotatable bonds is 6. The molecule has 0 aliphatic carbocycles. The van der Waals surface area contributed by atoms with Crippen LogP contribution >= 0.6 is 23.2 Å². The number of furan rings is 2. The van der Waals surface area contributed by atoms with Crippen LogP contribution in [0.25, 0.3) is 45.0 Å². The molecule has 0 aliphatic heterocycles. The lowest BCUT2D eigenvalue weighted by atomic mass is 10.1. The summed E-state index contributed by atoms with van der Waals surface area (Å²) in [4.78, 5) is 37.8. The highest BCUT2D eigenvalue weighted by Gasteiger charge is 2.19. The summed E-state index contributed by atoms with van der Waals surface area (Å²) in [5, 5.41) is 26.4. The zero-order valence-electron chi connectivity index (χ0n) is 30.8. The maximum atomic E-state index is 11.6. The molecule has 0 radical (unpaired) electrons. The third-order valence-corrected chi connectivity index (χ3v) is 9.07. The fourth-order valence-electron chi connectivity index (χ4n) is 5.39. The summed E-state index contributed by atoms with van der Waals surface area (Å²) in [7, 11) is 2.58. The van der Waals surface area contributed by atoms with Crippen LogP contribution in [0.15, 0.2) is 91.3 Å². The minimum absolute atomic E-state index is 0.00241. The number of hydrogen-bond donors (Lipinski definition) is 3. The molecule has 7 rings (SSSR count). The molecule has 288 valence electrons. The molecular formula is C40H34Cl2N4O10. The van der Waals surface area contributed by atoms with Crippen molar-refractivity contribution < 1.29 is 47.5 Å². The molecule has 56 heavy (non-hydrogen) atoms. The lowest BCUT2D eigenvalue weighted by Crippen LogP contribution is -2.14. The van der Waals surface area contributed by atoms with E-state index in [1.807, 2.05) is 58.0 Å². The Morgan fingerprint density at radius 2 is 1.27 bits per heavy atom. The van der Waals surface area contributed by atoms with Gasteiger partial charge in [0.25, 0.3) is 5.89 Å². The van der Waals surface area contributed by atoms with Crippen LogP contribution in [0.2, 0.25) is 10.0 Å². The fourth-order valence-corrected chi connectivity index (χ4v) is 5.93. The van der Waals surface area contributed by atoms with Gasteiger partial charge in [-0.1, -0.05) is 57.8 Å². The maximum Gasteiger partial charge on any atom is 0.371 e. The van der Waals surface area contributed by atoms with Crippen LogP contribution in [0.3, 0.4) is 0 Å². The summed E-state index contributed by atoms with van der Waals surface area (Å²) < 4.78 is 25.7. The molecule has 14 nitrogen and oxygen atoms in total. The van der Waals surface area contributed by atoms with Gasteiger partial charge in [-0.25, -0.2) is 14.4 Å². The maximum absolute atomic E-state index is 11.6. The van der Waals surface area contributed by atoms with Gasteiger partial charge in [-0.05, 0) is 98.5 Å². The molecule has 4 N–H and O–H groups in total. The number of amidine groups is 1. The van der Waals surface area contributed by atoms with Crippen LogP contribution < -0.4 is 5.73 Å². The van der Waals surface area contributed by atoms with E-state index in [1.54, 1.807) is 18.2 Å². The predicted molar refractivity (Wildman–Crippen MR) is 209 cm³/mol. The van der Waals surface area contributed by atoms with Gasteiger partial charge in [-0.2, -0.15) is 4.98 Å². The molecule has 4 aromatic carbocycles. The van der Waals surface area contributed by atoms with Gasteiger partial charge < -0.3 is 38.9 Å². The van der Waals surface area contributed by atoms with Gasteiger partial charge in [0.05, 0.1) is 35.4 Å². The highest BCUT2D eigenvalue weighted by atomic mass is 35.5. The van der Waals surface area contributed by atoms with Crippen molar-refractivity contribution in [3.8, 4) is 23.0 Å². The van der Waals surface area contributed by atoms with E-state index >= 15 is 0 Å². The number of carboxylic acids is 1. The van der Waals surface area contributed by atoms with Crippen LogP contribution in [0, 0.1) is 27.7 Å². The first-order valence-corrected chi connectivity index (χ1v) is 17.2. The molecule has 16 heteroatoms. The van der Waals surface area contributed by atoms with E-state index in [4.69, 9.17) is 52.6 Å². The monoisotopic (exact) mass is 800 g/mol. The lowest BCUT2D eigenvalue weighted by Gasteiger charge is -2.04. The average Bonchev–Trinajstić information content (AvgIpc) is 3.97. The Hall–Kier alpha value is -6.64. The van der Waals surface area contributed by atoms with E-state index in [-0.39, 0.29) is 22.5 Å². The van der Waals surface area contributed by atoms with E-state index < -0.39 is 17.9 Å². The average molecular weight is 802 g/mol. The van der Waals surface area contributed by atoms with Crippen molar-refractivity contribution >= 4 is 68.9 Å². The van der Waals surface area contributed by atoms with E-state index in [0.29, 0.717) is 44.4 Å². The number of benzene rings is 4. The van der Waals surface area contributed by atoms with Crippen molar-refractivity contribution in [3.05, 3.63) is 128 Å². The molecule has 7 aromatic rings. The van der Waals surface area contributed by atoms with E-state index in [0.717, 1.165) is 38.6 Å². The van der Waals surface area contributed by atoms with Crippen LogP contribution in [0.1, 0.15) is 59.1 Å². The summed E-state index contributed by atoms with van der Waals surface area (Å²) in [5.74, 6) is -1.06. The number of ether oxygens (including phenoxy) is 2. The van der Waals surface area contributed by atoms with Crippen LogP contribution in [-0.4, -0.2) is 58.4 Å².